The van der Waals surface area contributed by atoms with Crippen molar-refractivity contribution < 1.29 is 9.59 Å². The van der Waals surface area contributed by atoms with Gasteiger partial charge in [0, 0.05) is 57.0 Å². The van der Waals surface area contributed by atoms with E-state index in [-0.39, 0.29) is 11.8 Å². The average Bonchev–Trinajstić information content (AvgIpc) is 2.96. The molecule has 7 heteroatoms. The minimum absolute atomic E-state index is 0.160. The molecule has 7 nitrogen and oxygen atoms in total. The molecule has 200 valence electrons. The molecule has 0 fully saturated rings. The first-order valence-corrected chi connectivity index (χ1v) is 13.4. The quantitative estimate of drug-likeness (QED) is 0.387. The molecule has 0 N–H and O–H groups in total. The Balaban J connectivity index is 1.56. The number of amides is 2. The van der Waals surface area contributed by atoms with E-state index in [1.165, 1.54) is 11.1 Å². The second kappa shape index (κ2) is 11.4. The summed E-state index contributed by atoms with van der Waals surface area (Å²) in [6.45, 7) is 12.5. The largest absolute Gasteiger partial charge is 0.313 e. The van der Waals surface area contributed by atoms with Crippen molar-refractivity contribution in [3.05, 3.63) is 82.9 Å². The molecule has 1 aliphatic rings. The van der Waals surface area contributed by atoms with Crippen molar-refractivity contribution in [3.63, 3.8) is 0 Å². The third-order valence-corrected chi connectivity index (χ3v) is 7.51. The highest BCUT2D eigenvalue weighted by Crippen LogP contribution is 2.38. The number of benzene rings is 1. The van der Waals surface area contributed by atoms with Gasteiger partial charge >= 0.3 is 0 Å². The second-order valence-corrected chi connectivity index (χ2v) is 10.7. The van der Waals surface area contributed by atoms with Gasteiger partial charge in [0.25, 0.3) is 0 Å². The summed E-state index contributed by atoms with van der Waals surface area (Å²) >= 11 is 0. The monoisotopic (exact) mass is 513 g/mol. The van der Waals surface area contributed by atoms with Gasteiger partial charge in [0.1, 0.15) is 5.41 Å². The van der Waals surface area contributed by atoms with Gasteiger partial charge in [0.2, 0.25) is 11.8 Å². The van der Waals surface area contributed by atoms with E-state index < -0.39 is 5.41 Å². The summed E-state index contributed by atoms with van der Waals surface area (Å²) in [5, 5.41) is 0. The molecule has 4 rings (SSSR count). The zero-order chi connectivity index (χ0) is 27.4. The fraction of sp³-hybridized carbons (Fsp3) is 0.419. The summed E-state index contributed by atoms with van der Waals surface area (Å²) in [5.74, 6) is -0.343. The van der Waals surface area contributed by atoms with Crippen LogP contribution in [-0.2, 0) is 29.0 Å². The topological polar surface area (TPSA) is 69.6 Å². The molecule has 0 spiro atoms. The molecule has 3 heterocycles. The minimum Gasteiger partial charge on any atom is -0.313 e. The van der Waals surface area contributed by atoms with E-state index in [1.807, 2.05) is 32.2 Å². The van der Waals surface area contributed by atoms with Gasteiger partial charge in [-0.3, -0.25) is 24.5 Å². The molecular weight excluding hydrogens is 474 g/mol. The molecule has 0 saturated carbocycles. The number of hydrogen-bond donors (Lipinski definition) is 0. The van der Waals surface area contributed by atoms with Crippen LogP contribution in [0.15, 0.2) is 54.9 Å². The highest BCUT2D eigenvalue weighted by molar-refractivity contribution is 6.19. The van der Waals surface area contributed by atoms with Crippen LogP contribution in [0.4, 0.5) is 11.4 Å². The smallest absolute Gasteiger partial charge is 0.242 e. The summed E-state index contributed by atoms with van der Waals surface area (Å²) in [5.41, 5.74) is 6.14. The lowest BCUT2D eigenvalue weighted by atomic mass is 9.90. The summed E-state index contributed by atoms with van der Waals surface area (Å²) in [6.07, 6.45) is 5.47. The van der Waals surface area contributed by atoms with E-state index in [1.54, 1.807) is 36.9 Å². The van der Waals surface area contributed by atoms with E-state index in [9.17, 15) is 9.59 Å². The Hall–Kier alpha value is -3.58. The van der Waals surface area contributed by atoms with Crippen molar-refractivity contribution in [2.24, 2.45) is 5.41 Å². The van der Waals surface area contributed by atoms with Gasteiger partial charge in [-0.15, -0.1) is 0 Å². The van der Waals surface area contributed by atoms with Crippen molar-refractivity contribution in [1.29, 1.82) is 0 Å². The Morgan fingerprint density at radius 1 is 0.921 bits per heavy atom. The van der Waals surface area contributed by atoms with Crippen molar-refractivity contribution in [1.82, 2.24) is 14.9 Å². The Morgan fingerprint density at radius 3 is 2.32 bits per heavy atom. The van der Waals surface area contributed by atoms with E-state index in [2.05, 4.69) is 52.1 Å². The first-order valence-electron chi connectivity index (χ1n) is 13.4. The normalized spacial score (nSPS) is 15.1. The summed E-state index contributed by atoms with van der Waals surface area (Å²) in [7, 11) is 1.77. The van der Waals surface area contributed by atoms with E-state index >= 15 is 0 Å². The van der Waals surface area contributed by atoms with Crippen LogP contribution in [0.1, 0.15) is 48.8 Å². The van der Waals surface area contributed by atoms with Gasteiger partial charge in [-0.25, -0.2) is 0 Å². The number of carbonyl (C=O) groups excluding carboxylic acids is 2. The van der Waals surface area contributed by atoms with Gasteiger partial charge in [-0.1, -0.05) is 18.2 Å². The maximum atomic E-state index is 13.2. The predicted octanol–water partition coefficient (Wildman–Crippen LogP) is 4.74. The zero-order valence-electron chi connectivity index (χ0n) is 23.5. The van der Waals surface area contributed by atoms with Gasteiger partial charge < -0.3 is 9.80 Å². The lowest BCUT2D eigenvalue weighted by Crippen LogP contribution is -2.47. The van der Waals surface area contributed by atoms with E-state index in [0.717, 1.165) is 60.8 Å². The fourth-order valence-corrected chi connectivity index (χ4v) is 5.12. The highest BCUT2D eigenvalue weighted by Gasteiger charge is 2.45. The van der Waals surface area contributed by atoms with Gasteiger partial charge in [0.05, 0.1) is 11.4 Å². The van der Waals surface area contributed by atoms with Crippen LogP contribution in [0.5, 0.6) is 0 Å². The molecular formula is C31H39N5O2. The number of pyridine rings is 2. The van der Waals surface area contributed by atoms with Crippen molar-refractivity contribution >= 4 is 23.2 Å². The number of anilines is 2. The number of fused-ring (bicyclic) bond motifs is 1. The molecule has 0 atom stereocenters. The van der Waals surface area contributed by atoms with Crippen LogP contribution in [-0.4, -0.2) is 53.4 Å². The number of aromatic nitrogens is 2. The summed E-state index contributed by atoms with van der Waals surface area (Å²) in [6, 6.07) is 14.5. The van der Waals surface area contributed by atoms with Crippen molar-refractivity contribution in [2.45, 2.75) is 54.0 Å². The standard InChI is InChI=1S/C31H39N5O2/c1-7-36-27-13-11-24(19-28(27)34(6)29(37)31(4,5)30(36)38)14-17-35(18-15-25-9-8-16-32-20-25)21-26-12-10-22(2)33-23(26)3/h8-13,16,19-20H,7,14-15,17-18,21H2,1-6H3. The van der Waals surface area contributed by atoms with Crippen LogP contribution in [0.25, 0.3) is 0 Å². The SMILES string of the molecule is CCN1C(=O)C(C)(C)C(=O)N(C)c2cc(CCN(CCc3cccnc3)Cc3ccc(C)nc3C)ccc21. The molecule has 0 saturated heterocycles. The zero-order valence-corrected chi connectivity index (χ0v) is 23.5. The molecule has 0 radical (unpaired) electrons. The molecule has 2 amide bonds. The lowest BCUT2D eigenvalue weighted by molar-refractivity contribution is -0.137. The Bertz CT molecular complexity index is 1300. The maximum absolute atomic E-state index is 13.2. The Labute approximate surface area is 226 Å². The number of rotatable bonds is 9. The van der Waals surface area contributed by atoms with Gasteiger partial charge in [-0.2, -0.15) is 0 Å². The van der Waals surface area contributed by atoms with Crippen LogP contribution in [0.3, 0.4) is 0 Å². The molecule has 0 aliphatic carbocycles. The Kier molecular flexibility index (Phi) is 8.26. The second-order valence-electron chi connectivity index (χ2n) is 10.7. The molecule has 1 aromatic carbocycles. The number of carbonyl (C=O) groups is 2. The van der Waals surface area contributed by atoms with E-state index in [0.29, 0.717) is 6.54 Å². The van der Waals surface area contributed by atoms with Crippen LogP contribution >= 0.6 is 0 Å². The number of hydrogen-bond acceptors (Lipinski definition) is 5. The van der Waals surface area contributed by atoms with Gasteiger partial charge in [-0.05, 0) is 88.4 Å². The molecule has 0 unspecified atom stereocenters. The average molecular weight is 514 g/mol. The Morgan fingerprint density at radius 2 is 1.66 bits per heavy atom. The van der Waals surface area contributed by atoms with Crippen LogP contribution in [0.2, 0.25) is 0 Å². The minimum atomic E-state index is -1.10. The number of aryl methyl sites for hydroxylation is 2. The highest BCUT2D eigenvalue weighted by atomic mass is 16.2. The third-order valence-electron chi connectivity index (χ3n) is 7.51. The molecule has 38 heavy (non-hydrogen) atoms. The molecule has 0 bridgehead atoms. The maximum Gasteiger partial charge on any atom is 0.242 e. The van der Waals surface area contributed by atoms with Crippen LogP contribution in [0, 0.1) is 19.3 Å². The fourth-order valence-electron chi connectivity index (χ4n) is 5.12. The summed E-state index contributed by atoms with van der Waals surface area (Å²) < 4.78 is 0. The first-order chi connectivity index (χ1) is 18.1. The lowest BCUT2D eigenvalue weighted by Gasteiger charge is -2.27. The van der Waals surface area contributed by atoms with Crippen LogP contribution < -0.4 is 9.80 Å². The molecule has 1 aliphatic heterocycles. The van der Waals surface area contributed by atoms with E-state index in [4.69, 9.17) is 0 Å². The predicted molar refractivity (Wildman–Crippen MR) is 152 cm³/mol. The van der Waals surface area contributed by atoms with Crippen molar-refractivity contribution in [3.8, 4) is 0 Å². The number of nitrogens with zero attached hydrogens (tertiary/aromatic N) is 5. The van der Waals surface area contributed by atoms with Crippen molar-refractivity contribution in [2.75, 3.05) is 36.5 Å². The summed E-state index contributed by atoms with van der Waals surface area (Å²) in [4.78, 5) is 41.2. The third kappa shape index (κ3) is 5.78. The first kappa shape index (κ1) is 27.5. The van der Waals surface area contributed by atoms with Gasteiger partial charge in [0.15, 0.2) is 0 Å². The molecule has 2 aromatic heterocycles. The molecule has 3 aromatic rings.